The lowest BCUT2D eigenvalue weighted by Crippen LogP contribution is -2.03. The lowest BCUT2D eigenvalue weighted by molar-refractivity contribution is 0.509. The predicted octanol–water partition coefficient (Wildman–Crippen LogP) is -0.905. The minimum Gasteiger partial charge on any atom is -0.323 e. The molecule has 0 aromatic heterocycles. The highest BCUT2D eigenvalue weighted by molar-refractivity contribution is 7.86. The molecule has 0 aliphatic rings. The molecule has 0 saturated carbocycles. The second-order valence-electron chi connectivity index (χ2n) is 1.11. The summed E-state index contributed by atoms with van der Waals surface area (Å²) in [4.78, 5) is 0. The van der Waals surface area contributed by atoms with Crippen LogP contribution >= 0.6 is 0 Å². The second-order valence-corrected chi connectivity index (χ2v) is 4.04. The first kappa shape index (κ1) is 7.13. The summed E-state index contributed by atoms with van der Waals surface area (Å²) in [6.07, 6.45) is 1.06. The normalized spacial score (nSPS) is 13.4. The highest BCUT2D eigenvalue weighted by Crippen LogP contribution is 1.80. The molecule has 0 rings (SSSR count). The summed E-state index contributed by atoms with van der Waals surface area (Å²) < 4.78 is 24.4. The third kappa shape index (κ3) is 6.13. The topological polar surface area (TPSA) is 43.4 Å². The van der Waals surface area contributed by atoms with Crippen molar-refractivity contribution in [3.8, 4) is 0 Å². The van der Waals surface area contributed by atoms with Crippen LogP contribution in [-0.2, 0) is 14.0 Å². The molecule has 0 saturated heterocycles. The smallest absolute Gasteiger partial charge is 0.254 e. The Bertz CT molecular complexity index is 126. The standard InChI is InChI=1S/C2H8O3SSi/c1-6(3,4)5-7-2/h7H2,1-2H3. The van der Waals surface area contributed by atoms with Crippen LogP contribution in [0.15, 0.2) is 0 Å². The van der Waals surface area contributed by atoms with Gasteiger partial charge in [-0.2, -0.15) is 0 Å². The largest absolute Gasteiger partial charge is 0.323 e. The first-order chi connectivity index (χ1) is 3.06. The number of hydrogen-bond acceptors (Lipinski definition) is 3. The van der Waals surface area contributed by atoms with Crippen molar-refractivity contribution in [3.05, 3.63) is 0 Å². The molecule has 0 spiro atoms. The van der Waals surface area contributed by atoms with Crippen LogP contribution in [0.3, 0.4) is 0 Å². The molecular weight excluding hydrogens is 132 g/mol. The fraction of sp³-hybridized carbons (Fsp3) is 1.00. The van der Waals surface area contributed by atoms with E-state index >= 15 is 0 Å². The highest BCUT2D eigenvalue weighted by atomic mass is 32.2. The monoisotopic (exact) mass is 140 g/mol. The summed E-state index contributed by atoms with van der Waals surface area (Å²) in [7, 11) is -3.89. The van der Waals surface area contributed by atoms with E-state index in [-0.39, 0.29) is 0 Å². The molecular formula is C2H8O3SSi. The molecule has 0 aromatic rings. The highest BCUT2D eigenvalue weighted by Gasteiger charge is 1.94. The van der Waals surface area contributed by atoms with Gasteiger partial charge < -0.3 is 3.87 Å². The predicted molar refractivity (Wildman–Crippen MR) is 30.3 cm³/mol. The van der Waals surface area contributed by atoms with Gasteiger partial charge in [0, 0.05) is 0 Å². The molecule has 0 amide bonds. The quantitative estimate of drug-likeness (QED) is 0.467. The summed E-state index contributed by atoms with van der Waals surface area (Å²) in [5.74, 6) is 0. The van der Waals surface area contributed by atoms with E-state index in [1.807, 2.05) is 0 Å². The first-order valence-corrected chi connectivity index (χ1v) is 5.71. The van der Waals surface area contributed by atoms with Crippen molar-refractivity contribution in [2.45, 2.75) is 6.55 Å². The molecule has 44 valence electrons. The Kier molecular flexibility index (Phi) is 2.48. The summed E-state index contributed by atoms with van der Waals surface area (Å²) in [6, 6.07) is 0. The van der Waals surface area contributed by atoms with Gasteiger partial charge in [0.05, 0.1) is 6.26 Å². The van der Waals surface area contributed by atoms with E-state index < -0.39 is 19.9 Å². The minimum absolute atomic E-state index is 0.778. The molecule has 0 atom stereocenters. The average molecular weight is 140 g/mol. The summed E-state index contributed by atoms with van der Waals surface area (Å²) in [5.41, 5.74) is 0. The van der Waals surface area contributed by atoms with Crippen molar-refractivity contribution in [2.24, 2.45) is 0 Å². The van der Waals surface area contributed by atoms with Gasteiger partial charge in [-0.1, -0.05) is 0 Å². The minimum atomic E-state index is -3.11. The van der Waals surface area contributed by atoms with E-state index in [0.29, 0.717) is 0 Å². The van der Waals surface area contributed by atoms with Gasteiger partial charge >= 0.3 is 0 Å². The van der Waals surface area contributed by atoms with Crippen molar-refractivity contribution < 1.29 is 12.3 Å². The molecule has 5 heteroatoms. The van der Waals surface area contributed by atoms with Crippen LogP contribution in [0.2, 0.25) is 6.55 Å². The van der Waals surface area contributed by atoms with Gasteiger partial charge in [0.25, 0.3) is 10.1 Å². The van der Waals surface area contributed by atoms with Crippen molar-refractivity contribution in [2.75, 3.05) is 6.26 Å². The molecule has 0 aliphatic heterocycles. The van der Waals surface area contributed by atoms with Crippen LogP contribution in [-0.4, -0.2) is 24.4 Å². The number of rotatable bonds is 2. The van der Waals surface area contributed by atoms with Gasteiger partial charge in [-0.3, -0.25) is 0 Å². The van der Waals surface area contributed by atoms with E-state index in [1.54, 1.807) is 6.55 Å². The van der Waals surface area contributed by atoms with Crippen LogP contribution in [0.5, 0.6) is 0 Å². The molecule has 0 N–H and O–H groups in total. The Balaban J connectivity index is 3.60. The lowest BCUT2D eigenvalue weighted by atomic mass is 11.9. The summed E-state index contributed by atoms with van der Waals surface area (Å²) in [6.45, 7) is 1.76. The molecule has 7 heavy (non-hydrogen) atoms. The van der Waals surface area contributed by atoms with Gasteiger partial charge in [-0.15, -0.1) is 0 Å². The zero-order valence-corrected chi connectivity index (χ0v) is 6.57. The SMILES string of the molecule is C[SiH2]OS(C)(=O)=O. The Morgan fingerprint density at radius 2 is 2.00 bits per heavy atom. The van der Waals surface area contributed by atoms with Crippen LogP contribution in [0.25, 0.3) is 0 Å². The molecule has 0 aromatic carbocycles. The molecule has 0 fully saturated rings. The zero-order chi connectivity index (χ0) is 5.91. The number of hydrogen-bond donors (Lipinski definition) is 0. The van der Waals surface area contributed by atoms with E-state index in [9.17, 15) is 8.42 Å². The Morgan fingerprint density at radius 3 is 2.00 bits per heavy atom. The summed E-state index contributed by atoms with van der Waals surface area (Å²) >= 11 is 0. The molecule has 0 unspecified atom stereocenters. The Hall–Kier alpha value is 0.127. The van der Waals surface area contributed by atoms with Crippen molar-refractivity contribution in [1.82, 2.24) is 0 Å². The van der Waals surface area contributed by atoms with Crippen molar-refractivity contribution in [1.29, 1.82) is 0 Å². The Labute approximate surface area is 45.7 Å². The lowest BCUT2D eigenvalue weighted by Gasteiger charge is -1.90. The molecule has 3 nitrogen and oxygen atoms in total. The molecule has 0 heterocycles. The fourth-order valence-electron chi connectivity index (χ4n) is 0.214. The Morgan fingerprint density at radius 1 is 1.57 bits per heavy atom. The first-order valence-electron chi connectivity index (χ1n) is 1.90. The van der Waals surface area contributed by atoms with Gasteiger partial charge in [-0.25, -0.2) is 8.42 Å². The zero-order valence-electron chi connectivity index (χ0n) is 4.34. The van der Waals surface area contributed by atoms with Crippen LogP contribution < -0.4 is 0 Å². The fourth-order valence-corrected chi connectivity index (χ4v) is 1.93. The maximum absolute atomic E-state index is 10.0. The molecule has 0 radical (unpaired) electrons. The van der Waals surface area contributed by atoms with E-state index in [1.165, 1.54) is 0 Å². The van der Waals surface area contributed by atoms with E-state index in [2.05, 4.69) is 3.87 Å². The van der Waals surface area contributed by atoms with E-state index in [0.717, 1.165) is 6.26 Å². The van der Waals surface area contributed by atoms with Gasteiger partial charge in [0.2, 0.25) is 0 Å². The van der Waals surface area contributed by atoms with Crippen LogP contribution in [0.1, 0.15) is 0 Å². The maximum atomic E-state index is 10.0. The second kappa shape index (κ2) is 2.44. The third-order valence-electron chi connectivity index (χ3n) is 0.332. The van der Waals surface area contributed by atoms with Crippen LogP contribution in [0.4, 0.5) is 0 Å². The summed E-state index contributed by atoms with van der Waals surface area (Å²) in [5, 5.41) is 0. The van der Waals surface area contributed by atoms with Gasteiger partial charge in [-0.05, 0) is 6.55 Å². The maximum Gasteiger partial charge on any atom is 0.254 e. The van der Waals surface area contributed by atoms with Crippen LogP contribution in [0, 0.1) is 0 Å². The van der Waals surface area contributed by atoms with Gasteiger partial charge in [0.1, 0.15) is 0 Å². The third-order valence-corrected chi connectivity index (χ3v) is 2.99. The van der Waals surface area contributed by atoms with Crippen molar-refractivity contribution >= 4 is 19.9 Å². The van der Waals surface area contributed by atoms with Gasteiger partial charge in [0.15, 0.2) is 9.76 Å². The average Bonchev–Trinajstić information content (AvgIpc) is 1.30. The van der Waals surface area contributed by atoms with Crippen molar-refractivity contribution in [3.63, 3.8) is 0 Å². The molecule has 0 bridgehead atoms. The molecule has 0 aliphatic carbocycles. The van der Waals surface area contributed by atoms with E-state index in [4.69, 9.17) is 0 Å².